The summed E-state index contributed by atoms with van der Waals surface area (Å²) in [4.78, 5) is 39.8. The van der Waals surface area contributed by atoms with Gasteiger partial charge in [0.25, 0.3) is 0 Å². The monoisotopic (exact) mass is 555 g/mol. The zero-order chi connectivity index (χ0) is 29.5. The van der Waals surface area contributed by atoms with Crippen LogP contribution in [0.3, 0.4) is 0 Å². The number of aromatic nitrogens is 1. The molecule has 10 nitrogen and oxygen atoms in total. The lowest BCUT2D eigenvalue weighted by Crippen LogP contribution is -2.46. The first kappa shape index (κ1) is 29.0. The molecule has 1 heterocycles. The summed E-state index contributed by atoms with van der Waals surface area (Å²) in [6, 6.07) is 16.2. The molecule has 4 rings (SSSR count). The minimum atomic E-state index is -0.931. The number of ketones is 1. The molecule has 0 aliphatic heterocycles. The van der Waals surface area contributed by atoms with E-state index in [4.69, 9.17) is 11.1 Å². The van der Waals surface area contributed by atoms with E-state index >= 15 is 0 Å². The van der Waals surface area contributed by atoms with Crippen LogP contribution in [0.1, 0.15) is 70.8 Å². The Labute approximate surface area is 238 Å². The van der Waals surface area contributed by atoms with E-state index in [0.29, 0.717) is 15.8 Å². The van der Waals surface area contributed by atoms with Crippen molar-refractivity contribution in [3.8, 4) is 17.8 Å². The number of amides is 2. The molecule has 212 valence electrons. The van der Waals surface area contributed by atoms with Gasteiger partial charge in [0.05, 0.1) is 35.7 Å². The predicted octanol–water partition coefficient (Wildman–Crippen LogP) is 3.61. The largest absolute Gasteiger partial charge is 0.493 e. The minimum absolute atomic E-state index is 0.122. The van der Waals surface area contributed by atoms with Crippen molar-refractivity contribution in [1.82, 2.24) is 15.3 Å². The number of hydrogen-bond acceptors (Lipinski definition) is 7. The Morgan fingerprint density at radius 2 is 1.71 bits per heavy atom. The van der Waals surface area contributed by atoms with Crippen molar-refractivity contribution in [2.75, 3.05) is 5.84 Å². The molecule has 1 fully saturated rings. The number of aromatic hydroxyl groups is 2. The van der Waals surface area contributed by atoms with Crippen molar-refractivity contribution >= 4 is 23.7 Å². The van der Waals surface area contributed by atoms with Crippen LogP contribution in [0.15, 0.2) is 60.7 Å². The highest BCUT2D eigenvalue weighted by Gasteiger charge is 2.37. The molecule has 41 heavy (non-hydrogen) atoms. The zero-order valence-corrected chi connectivity index (χ0v) is 22.7. The summed E-state index contributed by atoms with van der Waals surface area (Å²) in [6.45, 7) is 1.48. The molecule has 1 saturated carbocycles. The molecule has 3 aromatic rings. The summed E-state index contributed by atoms with van der Waals surface area (Å²) in [5.41, 5.74) is 1.98. The Kier molecular flexibility index (Phi) is 9.09. The molecule has 0 saturated heterocycles. The SMILES string of the molecule is Cc1c(C(=O)[C@@H](NC(=O)C[C@H](NC(=O)C=Cc2ccc(C#N)cc2)c2ccccc2)C2CCCC2)c(O)n(N)c1O. The highest BCUT2D eigenvalue weighted by molar-refractivity contribution is 6.05. The Hall–Kier alpha value is -5.04. The number of rotatable bonds is 10. The van der Waals surface area contributed by atoms with E-state index in [0.717, 1.165) is 31.2 Å². The number of benzene rings is 2. The van der Waals surface area contributed by atoms with E-state index in [9.17, 15) is 24.6 Å². The summed E-state index contributed by atoms with van der Waals surface area (Å²) < 4.78 is 0.641. The van der Waals surface area contributed by atoms with Gasteiger partial charge >= 0.3 is 0 Å². The number of Topliss-reactive ketones (excluding diaryl/α,β-unsaturated/α-hetero) is 1. The van der Waals surface area contributed by atoms with E-state index in [2.05, 4.69) is 10.6 Å². The second-order valence-corrected chi connectivity index (χ2v) is 10.2. The normalized spacial score (nSPS) is 14.8. The molecule has 0 unspecified atom stereocenters. The van der Waals surface area contributed by atoms with Crippen molar-refractivity contribution in [1.29, 1.82) is 5.26 Å². The number of nitrogens with two attached hydrogens (primary N) is 1. The van der Waals surface area contributed by atoms with Crippen LogP contribution in [-0.4, -0.2) is 38.5 Å². The number of hydrogen-bond donors (Lipinski definition) is 5. The molecule has 10 heteroatoms. The number of carbonyl (C=O) groups is 3. The Balaban J connectivity index is 1.52. The first-order valence-corrected chi connectivity index (χ1v) is 13.4. The fourth-order valence-corrected chi connectivity index (χ4v) is 5.24. The van der Waals surface area contributed by atoms with Crippen LogP contribution in [0.4, 0.5) is 0 Å². The molecular weight excluding hydrogens is 522 g/mol. The Morgan fingerprint density at radius 3 is 2.29 bits per heavy atom. The van der Waals surface area contributed by atoms with Crippen LogP contribution < -0.4 is 16.5 Å². The summed E-state index contributed by atoms with van der Waals surface area (Å²) in [5.74, 6) is 3.14. The van der Waals surface area contributed by atoms with E-state index in [1.165, 1.54) is 13.0 Å². The van der Waals surface area contributed by atoms with Crippen LogP contribution in [0, 0.1) is 24.2 Å². The molecule has 6 N–H and O–H groups in total. The maximum absolute atomic E-state index is 13.6. The van der Waals surface area contributed by atoms with Gasteiger partial charge in [0, 0.05) is 11.6 Å². The van der Waals surface area contributed by atoms with E-state index in [1.807, 2.05) is 12.1 Å². The van der Waals surface area contributed by atoms with Crippen LogP contribution in [0.5, 0.6) is 11.8 Å². The summed E-state index contributed by atoms with van der Waals surface area (Å²) in [7, 11) is 0. The van der Waals surface area contributed by atoms with Gasteiger partial charge in [-0.25, -0.2) is 0 Å². The number of nitrogens with zero attached hydrogens (tertiary/aromatic N) is 2. The van der Waals surface area contributed by atoms with Gasteiger partial charge in [-0.3, -0.25) is 14.4 Å². The van der Waals surface area contributed by atoms with E-state index in [1.54, 1.807) is 54.6 Å². The lowest BCUT2D eigenvalue weighted by Gasteiger charge is -2.25. The van der Waals surface area contributed by atoms with Gasteiger partial charge in [0.2, 0.25) is 23.6 Å². The molecule has 2 atom stereocenters. The Morgan fingerprint density at radius 1 is 1.05 bits per heavy atom. The van der Waals surface area contributed by atoms with Gasteiger partial charge in [-0.05, 0) is 55.0 Å². The fraction of sp³-hybridized carbons (Fsp3) is 0.290. The van der Waals surface area contributed by atoms with Gasteiger partial charge < -0.3 is 26.7 Å². The highest BCUT2D eigenvalue weighted by atomic mass is 16.3. The summed E-state index contributed by atoms with van der Waals surface area (Å²) >= 11 is 0. The van der Waals surface area contributed by atoms with Crippen molar-refractivity contribution < 1.29 is 24.6 Å². The lowest BCUT2D eigenvalue weighted by atomic mass is 9.90. The number of carbonyl (C=O) groups excluding carboxylic acids is 3. The van der Waals surface area contributed by atoms with Gasteiger partial charge in [-0.1, -0.05) is 55.3 Å². The third kappa shape index (κ3) is 6.76. The topological polar surface area (TPSA) is 170 Å². The van der Waals surface area contributed by atoms with Crippen LogP contribution >= 0.6 is 0 Å². The van der Waals surface area contributed by atoms with Gasteiger partial charge in [-0.15, -0.1) is 0 Å². The molecule has 2 aromatic carbocycles. The molecular formula is C31H33N5O5. The van der Waals surface area contributed by atoms with Crippen molar-refractivity contribution in [2.45, 2.75) is 51.1 Å². The minimum Gasteiger partial charge on any atom is -0.493 e. The number of nitrogens with one attached hydrogen (secondary N) is 2. The average Bonchev–Trinajstić information content (AvgIpc) is 3.58. The van der Waals surface area contributed by atoms with Gasteiger partial charge in [-0.2, -0.15) is 9.94 Å². The molecule has 1 aliphatic rings. The molecule has 0 bridgehead atoms. The van der Waals surface area contributed by atoms with Crippen LogP contribution in [0.2, 0.25) is 0 Å². The van der Waals surface area contributed by atoms with Gasteiger partial charge in [0.1, 0.15) is 0 Å². The second kappa shape index (κ2) is 12.9. The highest BCUT2D eigenvalue weighted by Crippen LogP contribution is 2.35. The van der Waals surface area contributed by atoms with Crippen LogP contribution in [0.25, 0.3) is 6.08 Å². The third-order valence-electron chi connectivity index (χ3n) is 7.48. The molecule has 1 aliphatic carbocycles. The lowest BCUT2D eigenvalue weighted by molar-refractivity contribution is -0.123. The van der Waals surface area contributed by atoms with Crippen LogP contribution in [-0.2, 0) is 9.59 Å². The third-order valence-corrected chi connectivity index (χ3v) is 7.48. The standard InChI is InChI=1S/C31H33N5O5/c1-19-27(31(41)36(33)30(19)40)29(39)28(23-9-5-6-10-23)35-26(38)17-24(22-7-3-2-4-8-22)34-25(37)16-15-20-11-13-21(18-32)14-12-20/h2-4,7-8,11-16,23-24,28,40-41H,5-6,9-10,17,33H2,1H3,(H,34,37)(H,35,38)/t24-,28-/m0/s1. The molecule has 0 radical (unpaired) electrons. The van der Waals surface area contributed by atoms with Gasteiger partial charge in [0.15, 0.2) is 5.78 Å². The smallest absolute Gasteiger partial charge is 0.244 e. The summed E-state index contributed by atoms with van der Waals surface area (Å²) in [6.07, 6.45) is 6.11. The average molecular weight is 556 g/mol. The first-order chi connectivity index (χ1) is 19.7. The molecule has 2 amide bonds. The van der Waals surface area contributed by atoms with Crippen molar-refractivity contribution in [2.24, 2.45) is 5.92 Å². The molecule has 0 spiro atoms. The maximum atomic E-state index is 13.6. The van der Waals surface area contributed by atoms with E-state index < -0.39 is 41.4 Å². The Bertz CT molecular complexity index is 1460. The predicted molar refractivity (Wildman–Crippen MR) is 153 cm³/mol. The second-order valence-electron chi connectivity index (χ2n) is 10.2. The maximum Gasteiger partial charge on any atom is 0.244 e. The summed E-state index contributed by atoms with van der Waals surface area (Å²) in [5, 5.41) is 35.2. The fourth-order valence-electron chi connectivity index (χ4n) is 5.24. The first-order valence-electron chi connectivity index (χ1n) is 13.4. The zero-order valence-electron chi connectivity index (χ0n) is 22.7. The molecule has 1 aromatic heterocycles. The van der Waals surface area contributed by atoms with Crippen molar-refractivity contribution in [3.63, 3.8) is 0 Å². The van der Waals surface area contributed by atoms with Crippen molar-refractivity contribution in [3.05, 3.63) is 88.5 Å². The quantitative estimate of drug-likeness (QED) is 0.144. The van der Waals surface area contributed by atoms with E-state index in [-0.39, 0.29) is 23.5 Å². The number of nitrogen functional groups attached to an aromatic ring is 1. The number of nitriles is 1.